The Labute approximate surface area is 146 Å². The molecule has 1 heterocycles. The Balaban J connectivity index is 2.00. The Morgan fingerprint density at radius 2 is 1.83 bits per heavy atom. The number of carbonyl (C=O) groups excluding carboxylic acids is 1. The zero-order valence-electron chi connectivity index (χ0n) is 15.5. The van der Waals surface area contributed by atoms with Crippen molar-refractivity contribution in [1.82, 2.24) is 9.80 Å². The third kappa shape index (κ3) is 4.97. The first-order valence-corrected chi connectivity index (χ1v) is 9.44. The first-order valence-electron chi connectivity index (χ1n) is 9.44. The van der Waals surface area contributed by atoms with Gasteiger partial charge in [0.2, 0.25) is 5.91 Å². The van der Waals surface area contributed by atoms with E-state index < -0.39 is 0 Å². The summed E-state index contributed by atoms with van der Waals surface area (Å²) in [5, 5.41) is 0. The molecule has 0 bridgehead atoms. The van der Waals surface area contributed by atoms with Crippen molar-refractivity contribution in [2.24, 2.45) is 0 Å². The molecule has 1 aliphatic heterocycles. The Hall–Kier alpha value is -1.55. The highest BCUT2D eigenvalue weighted by molar-refractivity contribution is 5.78. The number of amides is 1. The van der Waals surface area contributed by atoms with E-state index in [1.165, 1.54) is 5.56 Å². The van der Waals surface area contributed by atoms with Crippen LogP contribution >= 0.6 is 0 Å². The maximum absolute atomic E-state index is 12.7. The largest absolute Gasteiger partial charge is 0.494 e. The third-order valence-corrected chi connectivity index (χ3v) is 4.62. The summed E-state index contributed by atoms with van der Waals surface area (Å²) >= 11 is 0. The Morgan fingerprint density at radius 1 is 1.17 bits per heavy atom. The van der Waals surface area contributed by atoms with Crippen molar-refractivity contribution >= 4 is 5.91 Å². The van der Waals surface area contributed by atoms with Crippen molar-refractivity contribution in [3.63, 3.8) is 0 Å². The van der Waals surface area contributed by atoms with Gasteiger partial charge in [-0.15, -0.1) is 0 Å². The predicted molar refractivity (Wildman–Crippen MR) is 98.3 cm³/mol. The molecule has 0 aliphatic carbocycles. The second kappa shape index (κ2) is 9.67. The van der Waals surface area contributed by atoms with E-state index in [0.717, 1.165) is 51.1 Å². The van der Waals surface area contributed by atoms with Crippen LogP contribution in [0.3, 0.4) is 0 Å². The molecule has 4 nitrogen and oxygen atoms in total. The molecule has 1 aliphatic rings. The van der Waals surface area contributed by atoms with Crippen molar-refractivity contribution in [3.8, 4) is 5.75 Å². The molecule has 1 fully saturated rings. The van der Waals surface area contributed by atoms with Crippen molar-refractivity contribution in [2.45, 2.75) is 52.5 Å². The number of benzene rings is 1. The lowest BCUT2D eigenvalue weighted by Gasteiger charge is -2.28. The SMILES string of the molecule is CCCN(CCC)C(=O)CN1CCCC1c1ccc(OCC)cc1. The van der Waals surface area contributed by atoms with Crippen LogP contribution in [-0.4, -0.2) is 48.5 Å². The fraction of sp³-hybridized carbons (Fsp3) is 0.650. The van der Waals surface area contributed by atoms with Gasteiger partial charge in [-0.3, -0.25) is 9.69 Å². The molecule has 1 saturated heterocycles. The molecule has 0 spiro atoms. The molecule has 1 aromatic carbocycles. The zero-order chi connectivity index (χ0) is 17.4. The van der Waals surface area contributed by atoms with Gasteiger partial charge in [-0.1, -0.05) is 26.0 Å². The number of likely N-dealkylation sites (tertiary alicyclic amines) is 1. The summed E-state index contributed by atoms with van der Waals surface area (Å²) in [4.78, 5) is 17.0. The van der Waals surface area contributed by atoms with E-state index in [1.807, 2.05) is 24.0 Å². The molecule has 0 N–H and O–H groups in total. The first kappa shape index (κ1) is 18.8. The molecule has 1 unspecified atom stereocenters. The number of hydrogen-bond acceptors (Lipinski definition) is 3. The van der Waals surface area contributed by atoms with Gasteiger partial charge in [0.1, 0.15) is 5.75 Å². The van der Waals surface area contributed by atoms with E-state index in [4.69, 9.17) is 4.74 Å². The van der Waals surface area contributed by atoms with Gasteiger partial charge in [-0.2, -0.15) is 0 Å². The molecular weight excluding hydrogens is 300 g/mol. The van der Waals surface area contributed by atoms with E-state index in [2.05, 4.69) is 30.9 Å². The van der Waals surface area contributed by atoms with Crippen molar-refractivity contribution in [2.75, 3.05) is 32.8 Å². The summed E-state index contributed by atoms with van der Waals surface area (Å²) < 4.78 is 5.53. The molecular formula is C20H32N2O2. The van der Waals surface area contributed by atoms with Crippen LogP contribution in [0.4, 0.5) is 0 Å². The van der Waals surface area contributed by atoms with Crippen LogP contribution < -0.4 is 4.74 Å². The van der Waals surface area contributed by atoms with Crippen molar-refractivity contribution in [3.05, 3.63) is 29.8 Å². The molecule has 1 atom stereocenters. The fourth-order valence-electron chi connectivity index (χ4n) is 3.52. The summed E-state index contributed by atoms with van der Waals surface area (Å²) in [6.45, 7) is 10.2. The maximum atomic E-state index is 12.7. The minimum Gasteiger partial charge on any atom is -0.494 e. The highest BCUT2D eigenvalue weighted by atomic mass is 16.5. The molecule has 0 saturated carbocycles. The molecule has 0 aromatic heterocycles. The molecule has 1 aromatic rings. The number of hydrogen-bond donors (Lipinski definition) is 0. The Kier molecular flexibility index (Phi) is 7.57. The van der Waals surface area contributed by atoms with Gasteiger partial charge in [0, 0.05) is 19.1 Å². The average molecular weight is 332 g/mol. The summed E-state index contributed by atoms with van der Waals surface area (Å²) in [6.07, 6.45) is 4.33. The smallest absolute Gasteiger partial charge is 0.236 e. The minimum absolute atomic E-state index is 0.275. The number of nitrogens with zero attached hydrogens (tertiary/aromatic N) is 2. The van der Waals surface area contributed by atoms with E-state index >= 15 is 0 Å². The minimum atomic E-state index is 0.275. The molecule has 1 amide bonds. The van der Waals surface area contributed by atoms with Gasteiger partial charge in [0.05, 0.1) is 13.2 Å². The summed E-state index contributed by atoms with van der Waals surface area (Å²) in [7, 11) is 0. The first-order chi connectivity index (χ1) is 11.7. The van der Waals surface area contributed by atoms with Gasteiger partial charge in [-0.25, -0.2) is 0 Å². The number of ether oxygens (including phenoxy) is 1. The molecule has 134 valence electrons. The van der Waals surface area contributed by atoms with Crippen LogP contribution in [0.15, 0.2) is 24.3 Å². The maximum Gasteiger partial charge on any atom is 0.236 e. The van der Waals surface area contributed by atoms with Crippen LogP contribution in [0.25, 0.3) is 0 Å². The van der Waals surface area contributed by atoms with Gasteiger partial charge in [0.25, 0.3) is 0 Å². The van der Waals surface area contributed by atoms with Gasteiger partial charge >= 0.3 is 0 Å². The second-order valence-corrected chi connectivity index (χ2v) is 6.51. The topological polar surface area (TPSA) is 32.8 Å². The average Bonchev–Trinajstić information content (AvgIpc) is 3.04. The van der Waals surface area contributed by atoms with Crippen LogP contribution in [0, 0.1) is 0 Å². The second-order valence-electron chi connectivity index (χ2n) is 6.51. The molecule has 0 radical (unpaired) electrons. The third-order valence-electron chi connectivity index (χ3n) is 4.62. The van der Waals surface area contributed by atoms with Crippen LogP contribution in [0.1, 0.15) is 58.1 Å². The van der Waals surface area contributed by atoms with Crippen LogP contribution in [-0.2, 0) is 4.79 Å². The van der Waals surface area contributed by atoms with E-state index in [9.17, 15) is 4.79 Å². The summed E-state index contributed by atoms with van der Waals surface area (Å²) in [5.74, 6) is 1.19. The van der Waals surface area contributed by atoms with E-state index in [0.29, 0.717) is 19.2 Å². The van der Waals surface area contributed by atoms with Gasteiger partial charge in [-0.05, 0) is 56.8 Å². The van der Waals surface area contributed by atoms with Crippen LogP contribution in [0.5, 0.6) is 5.75 Å². The molecule has 2 rings (SSSR count). The lowest BCUT2D eigenvalue weighted by Crippen LogP contribution is -2.41. The Bertz CT molecular complexity index is 495. The van der Waals surface area contributed by atoms with E-state index in [1.54, 1.807) is 0 Å². The summed E-state index contributed by atoms with van der Waals surface area (Å²) in [5.41, 5.74) is 1.29. The van der Waals surface area contributed by atoms with Gasteiger partial charge in [0.15, 0.2) is 0 Å². The van der Waals surface area contributed by atoms with Crippen molar-refractivity contribution in [1.29, 1.82) is 0 Å². The zero-order valence-corrected chi connectivity index (χ0v) is 15.5. The molecule has 4 heteroatoms. The highest BCUT2D eigenvalue weighted by Crippen LogP contribution is 2.32. The summed E-state index contributed by atoms with van der Waals surface area (Å²) in [6, 6.07) is 8.73. The number of rotatable bonds is 9. The normalized spacial score (nSPS) is 17.9. The number of carbonyl (C=O) groups is 1. The van der Waals surface area contributed by atoms with Gasteiger partial charge < -0.3 is 9.64 Å². The Morgan fingerprint density at radius 3 is 2.42 bits per heavy atom. The lowest BCUT2D eigenvalue weighted by molar-refractivity contribution is -0.132. The highest BCUT2D eigenvalue weighted by Gasteiger charge is 2.28. The van der Waals surface area contributed by atoms with Crippen molar-refractivity contribution < 1.29 is 9.53 Å². The van der Waals surface area contributed by atoms with Crippen LogP contribution in [0.2, 0.25) is 0 Å². The lowest BCUT2D eigenvalue weighted by atomic mass is 10.0. The fourth-order valence-corrected chi connectivity index (χ4v) is 3.52. The predicted octanol–water partition coefficient (Wildman–Crippen LogP) is 3.87. The van der Waals surface area contributed by atoms with E-state index in [-0.39, 0.29) is 5.91 Å². The molecule has 24 heavy (non-hydrogen) atoms. The quantitative estimate of drug-likeness (QED) is 0.688. The standard InChI is InChI=1S/C20H32N2O2/c1-4-13-21(14-5-2)20(23)16-22-15-7-8-19(22)17-9-11-18(12-10-17)24-6-3/h9-12,19H,4-8,13-16H2,1-3H3. The monoisotopic (exact) mass is 332 g/mol.